The molecule has 1 unspecified atom stereocenters. The molecule has 136 valence electrons. The van der Waals surface area contributed by atoms with E-state index < -0.39 is 0 Å². The van der Waals surface area contributed by atoms with Gasteiger partial charge in [0, 0.05) is 26.1 Å². The Morgan fingerprint density at radius 3 is 2.64 bits per heavy atom. The average Bonchev–Trinajstić information content (AvgIpc) is 3.31. The lowest BCUT2D eigenvalue weighted by Gasteiger charge is -2.36. The third-order valence-electron chi connectivity index (χ3n) is 6.05. The Balaban J connectivity index is 1.36. The van der Waals surface area contributed by atoms with Gasteiger partial charge in [-0.15, -0.1) is 11.3 Å². The highest BCUT2D eigenvalue weighted by atomic mass is 32.1. The molecule has 0 aromatic carbocycles. The monoisotopic (exact) mass is 362 g/mol. The fourth-order valence-electron chi connectivity index (χ4n) is 4.47. The van der Waals surface area contributed by atoms with Crippen molar-refractivity contribution in [1.82, 2.24) is 9.80 Å². The van der Waals surface area contributed by atoms with Gasteiger partial charge in [0.1, 0.15) is 6.10 Å². The van der Waals surface area contributed by atoms with E-state index in [0.717, 1.165) is 49.3 Å². The molecule has 1 spiro atoms. The van der Waals surface area contributed by atoms with Crippen LogP contribution in [0.25, 0.3) is 0 Å². The summed E-state index contributed by atoms with van der Waals surface area (Å²) >= 11 is 1.51. The molecule has 0 radical (unpaired) electrons. The molecule has 5 nitrogen and oxygen atoms in total. The zero-order chi connectivity index (χ0) is 17.4. The maximum absolute atomic E-state index is 12.7. The third-order valence-corrected chi connectivity index (χ3v) is 7.05. The van der Waals surface area contributed by atoms with Gasteiger partial charge in [-0.25, -0.2) is 0 Å². The lowest BCUT2D eigenvalue weighted by Crippen LogP contribution is -2.45. The molecule has 3 aliphatic rings. The van der Waals surface area contributed by atoms with Gasteiger partial charge in [0.15, 0.2) is 0 Å². The fraction of sp³-hybridized carbons (Fsp3) is 0.684. The van der Waals surface area contributed by atoms with Crippen molar-refractivity contribution in [2.75, 3.05) is 32.7 Å². The number of hydrogen-bond donors (Lipinski definition) is 0. The number of nitrogens with zero attached hydrogens (tertiary/aromatic N) is 2. The predicted octanol–water partition coefficient (Wildman–Crippen LogP) is 2.69. The molecule has 1 aromatic heterocycles. The van der Waals surface area contributed by atoms with Gasteiger partial charge in [-0.05, 0) is 62.7 Å². The standard InChI is InChI=1S/C19H26N2O3S/c1-14-4-11-25-16(14)17(22)21-9-5-19(6-10-21)12-15(24-18(19)23)13-20-7-2-3-8-20/h4,11,15H,2-3,5-10,12-13H2,1H3. The number of amides is 1. The van der Waals surface area contributed by atoms with Gasteiger partial charge >= 0.3 is 5.97 Å². The second kappa shape index (κ2) is 6.72. The number of carbonyl (C=O) groups is 2. The molecule has 1 atom stereocenters. The second-order valence-corrected chi connectivity index (χ2v) is 8.66. The minimum atomic E-state index is -0.355. The van der Waals surface area contributed by atoms with Gasteiger partial charge in [0.25, 0.3) is 5.91 Å². The van der Waals surface area contributed by atoms with Gasteiger partial charge in [0.05, 0.1) is 10.3 Å². The quantitative estimate of drug-likeness (QED) is 0.776. The molecule has 4 heterocycles. The summed E-state index contributed by atoms with van der Waals surface area (Å²) in [5, 5.41) is 1.96. The Morgan fingerprint density at radius 2 is 2.00 bits per heavy atom. The average molecular weight is 362 g/mol. The van der Waals surface area contributed by atoms with E-state index in [-0.39, 0.29) is 23.4 Å². The van der Waals surface area contributed by atoms with Crippen molar-refractivity contribution >= 4 is 23.2 Å². The van der Waals surface area contributed by atoms with Crippen LogP contribution in [-0.2, 0) is 9.53 Å². The van der Waals surface area contributed by atoms with Gasteiger partial charge in [-0.2, -0.15) is 0 Å². The first-order valence-corrected chi connectivity index (χ1v) is 10.2. The normalized spacial score (nSPS) is 26.4. The molecule has 3 aliphatic heterocycles. The summed E-state index contributed by atoms with van der Waals surface area (Å²) in [5.41, 5.74) is 0.687. The number of cyclic esters (lactones) is 1. The summed E-state index contributed by atoms with van der Waals surface area (Å²) in [4.78, 5) is 30.4. The summed E-state index contributed by atoms with van der Waals surface area (Å²) in [6, 6.07) is 1.99. The fourth-order valence-corrected chi connectivity index (χ4v) is 5.37. The van der Waals surface area contributed by atoms with Crippen molar-refractivity contribution < 1.29 is 14.3 Å². The molecule has 0 N–H and O–H groups in total. The van der Waals surface area contributed by atoms with E-state index in [1.165, 1.54) is 24.2 Å². The first-order chi connectivity index (χ1) is 12.1. The summed E-state index contributed by atoms with van der Waals surface area (Å²) in [6.07, 6.45) is 4.84. The van der Waals surface area contributed by atoms with E-state index in [9.17, 15) is 9.59 Å². The largest absolute Gasteiger partial charge is 0.461 e. The first kappa shape index (κ1) is 17.0. The van der Waals surface area contributed by atoms with Crippen molar-refractivity contribution in [3.63, 3.8) is 0 Å². The summed E-state index contributed by atoms with van der Waals surface area (Å²) < 4.78 is 5.72. The van der Waals surface area contributed by atoms with Crippen LogP contribution in [0.5, 0.6) is 0 Å². The van der Waals surface area contributed by atoms with Crippen molar-refractivity contribution in [3.05, 3.63) is 21.9 Å². The second-order valence-electron chi connectivity index (χ2n) is 7.74. The molecule has 3 fully saturated rings. The van der Waals surface area contributed by atoms with Crippen LogP contribution in [0.15, 0.2) is 11.4 Å². The van der Waals surface area contributed by atoms with Crippen molar-refractivity contribution in [3.8, 4) is 0 Å². The maximum atomic E-state index is 12.7. The molecule has 1 amide bonds. The maximum Gasteiger partial charge on any atom is 0.312 e. The van der Waals surface area contributed by atoms with Gasteiger partial charge in [-0.3, -0.25) is 14.5 Å². The molecule has 25 heavy (non-hydrogen) atoms. The van der Waals surface area contributed by atoms with Crippen molar-refractivity contribution in [1.29, 1.82) is 0 Å². The lowest BCUT2D eigenvalue weighted by molar-refractivity contribution is -0.150. The Morgan fingerprint density at radius 1 is 1.28 bits per heavy atom. The number of piperidine rings is 1. The summed E-state index contributed by atoms with van der Waals surface area (Å²) in [5.74, 6) is 0.0819. The highest BCUT2D eigenvalue weighted by Gasteiger charge is 2.51. The predicted molar refractivity (Wildman–Crippen MR) is 96.8 cm³/mol. The van der Waals surface area contributed by atoms with E-state index in [1.807, 2.05) is 23.3 Å². The van der Waals surface area contributed by atoms with Crippen LogP contribution >= 0.6 is 11.3 Å². The van der Waals surface area contributed by atoms with Crippen LogP contribution in [0.3, 0.4) is 0 Å². The summed E-state index contributed by atoms with van der Waals surface area (Å²) in [7, 11) is 0. The molecule has 0 aliphatic carbocycles. The van der Waals surface area contributed by atoms with Crippen LogP contribution in [0.4, 0.5) is 0 Å². The van der Waals surface area contributed by atoms with Crippen LogP contribution in [0.2, 0.25) is 0 Å². The molecule has 3 saturated heterocycles. The van der Waals surface area contributed by atoms with Gasteiger partial charge in [0.2, 0.25) is 0 Å². The number of ether oxygens (including phenoxy) is 1. The highest BCUT2D eigenvalue weighted by Crippen LogP contribution is 2.43. The highest BCUT2D eigenvalue weighted by molar-refractivity contribution is 7.12. The Hall–Kier alpha value is -1.40. The third kappa shape index (κ3) is 3.22. The van der Waals surface area contributed by atoms with Crippen molar-refractivity contribution in [2.45, 2.75) is 45.1 Å². The van der Waals surface area contributed by atoms with E-state index in [2.05, 4.69) is 4.90 Å². The Bertz CT molecular complexity index is 657. The van der Waals surface area contributed by atoms with E-state index in [0.29, 0.717) is 13.1 Å². The molecule has 0 saturated carbocycles. The minimum absolute atomic E-state index is 0.0314. The molecule has 1 aromatic rings. The molecule has 4 rings (SSSR count). The van der Waals surface area contributed by atoms with Gasteiger partial charge < -0.3 is 9.64 Å². The number of thiophene rings is 1. The molecular formula is C19H26N2O3S. The van der Waals surface area contributed by atoms with E-state index in [4.69, 9.17) is 4.74 Å². The molecular weight excluding hydrogens is 336 g/mol. The van der Waals surface area contributed by atoms with Crippen LogP contribution < -0.4 is 0 Å². The van der Waals surface area contributed by atoms with Crippen LogP contribution in [0.1, 0.15) is 47.3 Å². The number of hydrogen-bond acceptors (Lipinski definition) is 5. The number of likely N-dealkylation sites (tertiary alicyclic amines) is 2. The molecule has 6 heteroatoms. The Kier molecular flexibility index (Phi) is 4.58. The minimum Gasteiger partial charge on any atom is -0.461 e. The lowest BCUT2D eigenvalue weighted by atomic mass is 9.76. The first-order valence-electron chi connectivity index (χ1n) is 9.34. The van der Waals surface area contributed by atoms with Crippen LogP contribution in [0, 0.1) is 12.3 Å². The Labute approximate surface area is 152 Å². The number of esters is 1. The smallest absolute Gasteiger partial charge is 0.312 e. The zero-order valence-electron chi connectivity index (χ0n) is 14.8. The van der Waals surface area contributed by atoms with E-state index in [1.54, 1.807) is 0 Å². The SMILES string of the molecule is Cc1ccsc1C(=O)N1CCC2(CC1)CC(CN1CCCC1)OC2=O. The number of rotatable bonds is 3. The van der Waals surface area contributed by atoms with Crippen LogP contribution in [-0.4, -0.2) is 60.5 Å². The molecule has 0 bridgehead atoms. The van der Waals surface area contributed by atoms with Gasteiger partial charge in [-0.1, -0.05) is 0 Å². The zero-order valence-corrected chi connectivity index (χ0v) is 15.6. The number of carbonyl (C=O) groups excluding carboxylic acids is 2. The van der Waals surface area contributed by atoms with E-state index >= 15 is 0 Å². The topological polar surface area (TPSA) is 49.9 Å². The van der Waals surface area contributed by atoms with Crippen molar-refractivity contribution in [2.24, 2.45) is 5.41 Å². The summed E-state index contributed by atoms with van der Waals surface area (Å²) in [6.45, 7) is 6.42. The number of aryl methyl sites for hydroxylation is 1.